The average molecular weight is 249 g/mol. The van der Waals surface area contributed by atoms with Gasteiger partial charge in [-0.3, -0.25) is 0 Å². The summed E-state index contributed by atoms with van der Waals surface area (Å²) in [6.07, 6.45) is 0. The van der Waals surface area contributed by atoms with E-state index in [1.165, 1.54) is 14.2 Å². The number of methoxy groups -OCH3 is 2. The predicted molar refractivity (Wildman–Crippen MR) is 64.6 cm³/mol. The summed E-state index contributed by atoms with van der Waals surface area (Å²) in [6.45, 7) is 0. The van der Waals surface area contributed by atoms with Crippen molar-refractivity contribution >= 4 is 22.5 Å². The lowest BCUT2D eigenvalue weighted by atomic mass is 10.1. The Kier molecular flexibility index (Phi) is 3.03. The highest BCUT2D eigenvalue weighted by Gasteiger charge is 2.12. The van der Waals surface area contributed by atoms with Crippen molar-refractivity contribution in [2.24, 2.45) is 0 Å². The summed E-state index contributed by atoms with van der Waals surface area (Å²) in [6, 6.07) is 7.08. The summed E-state index contributed by atoms with van der Waals surface area (Å²) < 4.78 is 10.3. The Morgan fingerprint density at radius 3 is 2.53 bits per heavy atom. The van der Waals surface area contributed by atoms with E-state index in [0.29, 0.717) is 22.0 Å². The van der Waals surface area contributed by atoms with Crippen molar-refractivity contribution in [2.75, 3.05) is 14.2 Å². The van der Waals surface area contributed by atoms with Gasteiger partial charge < -0.3 is 9.47 Å². The normalized spacial score (nSPS) is 10.0. The number of ether oxygens (including phenoxy) is 2. The molecule has 1 aromatic carbocycles. The fourth-order valence-corrected chi connectivity index (χ4v) is 1.88. The maximum Gasteiger partial charge on any atom is 0.144 e. The fraction of sp³-hybridized carbons (Fsp3) is 0.167. The largest absolute Gasteiger partial charge is 0.496 e. The lowest BCUT2D eigenvalue weighted by Gasteiger charge is -2.09. The fourth-order valence-electron chi connectivity index (χ4n) is 1.59. The molecule has 0 bridgehead atoms. The first-order valence-corrected chi connectivity index (χ1v) is 5.20. The number of nitrogens with zero attached hydrogens (tertiary/aromatic N) is 2. The second-order valence-electron chi connectivity index (χ2n) is 3.30. The van der Waals surface area contributed by atoms with Crippen LogP contribution < -0.4 is 9.47 Å². The van der Waals surface area contributed by atoms with Gasteiger partial charge in [-0.05, 0) is 12.1 Å². The molecule has 1 heterocycles. The summed E-state index contributed by atoms with van der Waals surface area (Å²) in [5, 5.41) is 10.0. The predicted octanol–water partition coefficient (Wildman–Crippen LogP) is 2.78. The molecule has 4 nitrogen and oxygen atoms in total. The molecule has 0 aliphatic rings. The van der Waals surface area contributed by atoms with Gasteiger partial charge in [0.1, 0.15) is 28.3 Å². The molecule has 0 atom stereocenters. The van der Waals surface area contributed by atoms with Gasteiger partial charge in [0, 0.05) is 11.5 Å². The third-order valence-corrected chi connectivity index (χ3v) is 2.77. The molecule has 0 aliphatic carbocycles. The van der Waals surface area contributed by atoms with Gasteiger partial charge in [-0.2, -0.15) is 5.26 Å². The third-order valence-electron chi connectivity index (χ3n) is 2.40. The first-order chi connectivity index (χ1) is 8.21. The zero-order chi connectivity index (χ0) is 12.4. The Balaban J connectivity index is 2.86. The molecule has 0 amide bonds. The number of pyridine rings is 1. The van der Waals surface area contributed by atoms with Crippen molar-refractivity contribution in [2.45, 2.75) is 0 Å². The molecule has 0 saturated carbocycles. The van der Waals surface area contributed by atoms with Crippen molar-refractivity contribution in [1.29, 1.82) is 5.26 Å². The number of hydrogen-bond acceptors (Lipinski definition) is 4. The van der Waals surface area contributed by atoms with Gasteiger partial charge in [0.15, 0.2) is 0 Å². The molecule has 0 saturated heterocycles. The zero-order valence-electron chi connectivity index (χ0n) is 9.32. The van der Waals surface area contributed by atoms with Crippen LogP contribution in [0, 0.1) is 11.3 Å². The Bertz CT molecular complexity index is 620. The number of nitriles is 1. The smallest absolute Gasteiger partial charge is 0.144 e. The first kappa shape index (κ1) is 11.5. The van der Waals surface area contributed by atoms with Gasteiger partial charge >= 0.3 is 0 Å². The SMILES string of the molecule is COc1ccc2c(OC)cc(C#N)nc2c1Cl. The van der Waals surface area contributed by atoms with Crippen LogP contribution in [0.25, 0.3) is 10.9 Å². The van der Waals surface area contributed by atoms with Crippen molar-refractivity contribution in [3.63, 3.8) is 0 Å². The summed E-state index contributed by atoms with van der Waals surface area (Å²) in [7, 11) is 3.06. The quantitative estimate of drug-likeness (QED) is 0.820. The van der Waals surface area contributed by atoms with Gasteiger partial charge in [0.05, 0.1) is 19.7 Å². The maximum absolute atomic E-state index is 8.89. The highest BCUT2D eigenvalue weighted by molar-refractivity contribution is 6.36. The molecule has 0 radical (unpaired) electrons. The molecule has 1 aromatic heterocycles. The van der Waals surface area contributed by atoms with Gasteiger partial charge in [-0.25, -0.2) is 4.98 Å². The molecule has 86 valence electrons. The van der Waals surface area contributed by atoms with Gasteiger partial charge in [-0.15, -0.1) is 0 Å². The molecule has 0 fully saturated rings. The molecule has 5 heteroatoms. The van der Waals surface area contributed by atoms with Gasteiger partial charge in [0.2, 0.25) is 0 Å². The molecule has 2 rings (SSSR count). The number of fused-ring (bicyclic) bond motifs is 1. The number of aromatic nitrogens is 1. The topological polar surface area (TPSA) is 55.1 Å². The lowest BCUT2D eigenvalue weighted by Crippen LogP contribution is -1.93. The number of halogens is 1. The highest BCUT2D eigenvalue weighted by atomic mass is 35.5. The van der Waals surface area contributed by atoms with E-state index in [1.54, 1.807) is 18.2 Å². The first-order valence-electron chi connectivity index (χ1n) is 4.82. The van der Waals surface area contributed by atoms with E-state index >= 15 is 0 Å². The minimum Gasteiger partial charge on any atom is -0.496 e. The van der Waals surface area contributed by atoms with E-state index in [9.17, 15) is 0 Å². The van der Waals surface area contributed by atoms with Crippen LogP contribution in [-0.4, -0.2) is 19.2 Å². The van der Waals surface area contributed by atoms with Crippen LogP contribution >= 0.6 is 11.6 Å². The van der Waals surface area contributed by atoms with Crippen molar-refractivity contribution in [1.82, 2.24) is 4.98 Å². The zero-order valence-corrected chi connectivity index (χ0v) is 10.1. The van der Waals surface area contributed by atoms with Crippen LogP contribution in [0.5, 0.6) is 11.5 Å². The molecule has 17 heavy (non-hydrogen) atoms. The molecule has 2 aromatic rings. The Morgan fingerprint density at radius 1 is 1.24 bits per heavy atom. The number of rotatable bonds is 2. The minimum absolute atomic E-state index is 0.254. The number of benzene rings is 1. The van der Waals surface area contributed by atoms with Gasteiger partial charge in [0.25, 0.3) is 0 Å². The van der Waals surface area contributed by atoms with E-state index in [2.05, 4.69) is 4.98 Å². The second kappa shape index (κ2) is 4.48. The summed E-state index contributed by atoms with van der Waals surface area (Å²) in [5.41, 5.74) is 0.756. The second-order valence-corrected chi connectivity index (χ2v) is 3.68. The van der Waals surface area contributed by atoms with Crippen LogP contribution in [0.2, 0.25) is 5.02 Å². The molecular formula is C12H9ClN2O2. The molecule has 0 spiro atoms. The van der Waals surface area contributed by atoms with E-state index in [1.807, 2.05) is 6.07 Å². The third kappa shape index (κ3) is 1.85. The van der Waals surface area contributed by atoms with Crippen LogP contribution in [0.1, 0.15) is 5.69 Å². The number of hydrogen-bond donors (Lipinski definition) is 0. The van der Waals surface area contributed by atoms with Crippen molar-refractivity contribution in [3.8, 4) is 17.6 Å². The highest BCUT2D eigenvalue weighted by Crippen LogP contribution is 2.35. The molecular weight excluding hydrogens is 240 g/mol. The minimum atomic E-state index is 0.254. The monoisotopic (exact) mass is 248 g/mol. The van der Waals surface area contributed by atoms with E-state index in [4.69, 9.17) is 26.3 Å². The Hall–Kier alpha value is -1.99. The van der Waals surface area contributed by atoms with E-state index in [-0.39, 0.29) is 5.69 Å². The van der Waals surface area contributed by atoms with E-state index < -0.39 is 0 Å². The average Bonchev–Trinajstić information content (AvgIpc) is 2.38. The van der Waals surface area contributed by atoms with Gasteiger partial charge in [-0.1, -0.05) is 11.6 Å². The van der Waals surface area contributed by atoms with Crippen molar-refractivity contribution < 1.29 is 9.47 Å². The van der Waals surface area contributed by atoms with Crippen LogP contribution in [0.3, 0.4) is 0 Å². The molecule has 0 aliphatic heterocycles. The maximum atomic E-state index is 8.89. The van der Waals surface area contributed by atoms with Crippen LogP contribution in [-0.2, 0) is 0 Å². The molecule has 0 N–H and O–H groups in total. The summed E-state index contributed by atoms with van der Waals surface area (Å²) in [5.74, 6) is 1.08. The Labute approximate surface area is 103 Å². The standard InChI is InChI=1S/C12H9ClN2O2/c1-16-9-4-3-8-10(17-2)5-7(6-14)15-12(8)11(9)13/h3-5H,1-2H3. The Morgan fingerprint density at radius 2 is 1.94 bits per heavy atom. The molecule has 0 unspecified atom stereocenters. The van der Waals surface area contributed by atoms with Crippen molar-refractivity contribution in [3.05, 3.63) is 28.9 Å². The van der Waals surface area contributed by atoms with Crippen LogP contribution in [0.4, 0.5) is 0 Å². The summed E-state index contributed by atoms with van der Waals surface area (Å²) in [4.78, 5) is 4.16. The van der Waals surface area contributed by atoms with E-state index in [0.717, 1.165) is 5.39 Å². The lowest BCUT2D eigenvalue weighted by molar-refractivity contribution is 0.414. The van der Waals surface area contributed by atoms with Crippen LogP contribution in [0.15, 0.2) is 18.2 Å². The summed E-state index contributed by atoms with van der Waals surface area (Å²) >= 11 is 6.15.